The summed E-state index contributed by atoms with van der Waals surface area (Å²) in [5.74, 6) is 0. The third-order valence-electron chi connectivity index (χ3n) is 2.05. The van der Waals surface area contributed by atoms with E-state index in [0.29, 0.717) is 0 Å². The SMILES string of the molecule is Cc1cnc(-c2cc(I)ccc2C)s1. The Bertz CT molecular complexity index is 462. The maximum Gasteiger partial charge on any atom is 0.123 e. The molecule has 72 valence electrons. The number of rotatable bonds is 1. The second-order valence-electron chi connectivity index (χ2n) is 3.24. The van der Waals surface area contributed by atoms with E-state index in [0.717, 1.165) is 5.01 Å². The molecule has 3 heteroatoms. The number of hydrogen-bond acceptors (Lipinski definition) is 2. The van der Waals surface area contributed by atoms with Gasteiger partial charge in [0.25, 0.3) is 0 Å². The molecule has 0 atom stereocenters. The third kappa shape index (κ3) is 1.98. The van der Waals surface area contributed by atoms with Gasteiger partial charge in [-0.3, -0.25) is 0 Å². The second kappa shape index (κ2) is 3.98. The minimum atomic E-state index is 1.12. The molecule has 0 amide bonds. The van der Waals surface area contributed by atoms with Gasteiger partial charge in [0.1, 0.15) is 5.01 Å². The Morgan fingerprint density at radius 3 is 2.71 bits per heavy atom. The summed E-state index contributed by atoms with van der Waals surface area (Å²) in [6.07, 6.45) is 1.93. The highest BCUT2D eigenvalue weighted by molar-refractivity contribution is 14.1. The van der Waals surface area contributed by atoms with Gasteiger partial charge < -0.3 is 0 Å². The predicted octanol–water partition coefficient (Wildman–Crippen LogP) is 4.03. The number of aryl methyl sites for hydroxylation is 2. The molecule has 0 saturated heterocycles. The lowest BCUT2D eigenvalue weighted by Gasteiger charge is -2.02. The van der Waals surface area contributed by atoms with E-state index in [4.69, 9.17) is 0 Å². The van der Waals surface area contributed by atoms with E-state index >= 15 is 0 Å². The Labute approximate surface area is 101 Å². The summed E-state index contributed by atoms with van der Waals surface area (Å²) >= 11 is 4.08. The molecule has 0 unspecified atom stereocenters. The summed E-state index contributed by atoms with van der Waals surface area (Å²) in [4.78, 5) is 5.67. The van der Waals surface area contributed by atoms with Crippen LogP contribution in [0.5, 0.6) is 0 Å². The lowest BCUT2D eigenvalue weighted by Crippen LogP contribution is -1.82. The van der Waals surface area contributed by atoms with E-state index in [1.165, 1.54) is 19.6 Å². The molecule has 0 saturated carbocycles. The van der Waals surface area contributed by atoms with Crippen molar-refractivity contribution < 1.29 is 0 Å². The van der Waals surface area contributed by atoms with Crippen LogP contribution in [0.15, 0.2) is 24.4 Å². The van der Waals surface area contributed by atoms with E-state index in [2.05, 4.69) is 59.6 Å². The van der Waals surface area contributed by atoms with E-state index in [1.54, 1.807) is 11.3 Å². The highest BCUT2D eigenvalue weighted by Gasteiger charge is 2.05. The van der Waals surface area contributed by atoms with Crippen LogP contribution in [-0.4, -0.2) is 4.98 Å². The van der Waals surface area contributed by atoms with Crippen molar-refractivity contribution in [1.29, 1.82) is 0 Å². The summed E-state index contributed by atoms with van der Waals surface area (Å²) in [5, 5.41) is 1.12. The van der Waals surface area contributed by atoms with Crippen LogP contribution in [0.2, 0.25) is 0 Å². The van der Waals surface area contributed by atoms with E-state index in [9.17, 15) is 0 Å². The van der Waals surface area contributed by atoms with Gasteiger partial charge in [0.2, 0.25) is 0 Å². The Kier molecular flexibility index (Phi) is 2.88. The van der Waals surface area contributed by atoms with Gasteiger partial charge in [0, 0.05) is 20.2 Å². The van der Waals surface area contributed by atoms with Crippen LogP contribution in [0.4, 0.5) is 0 Å². The highest BCUT2D eigenvalue weighted by Crippen LogP contribution is 2.28. The highest BCUT2D eigenvalue weighted by atomic mass is 127. The molecule has 0 fully saturated rings. The summed E-state index contributed by atoms with van der Waals surface area (Å²) < 4.78 is 1.26. The van der Waals surface area contributed by atoms with Crippen LogP contribution in [0.3, 0.4) is 0 Å². The molecule has 1 aromatic carbocycles. The van der Waals surface area contributed by atoms with Gasteiger partial charge in [-0.25, -0.2) is 4.98 Å². The Balaban J connectivity index is 2.55. The van der Waals surface area contributed by atoms with Crippen LogP contribution in [-0.2, 0) is 0 Å². The van der Waals surface area contributed by atoms with Gasteiger partial charge in [-0.2, -0.15) is 0 Å². The molecule has 0 spiro atoms. The molecule has 1 aromatic heterocycles. The van der Waals surface area contributed by atoms with Gasteiger partial charge >= 0.3 is 0 Å². The van der Waals surface area contributed by atoms with Crippen molar-refractivity contribution in [3.05, 3.63) is 38.4 Å². The van der Waals surface area contributed by atoms with Gasteiger partial charge in [0.05, 0.1) is 0 Å². The van der Waals surface area contributed by atoms with Crippen LogP contribution in [0.25, 0.3) is 10.6 Å². The van der Waals surface area contributed by atoms with Crippen LogP contribution >= 0.6 is 33.9 Å². The quantitative estimate of drug-likeness (QED) is 0.724. The number of thiazole rings is 1. The molecule has 2 aromatic rings. The topological polar surface area (TPSA) is 12.9 Å². The van der Waals surface area contributed by atoms with Crippen LogP contribution < -0.4 is 0 Å². The van der Waals surface area contributed by atoms with Gasteiger partial charge in [-0.1, -0.05) is 6.07 Å². The summed E-state index contributed by atoms with van der Waals surface area (Å²) in [6, 6.07) is 6.46. The zero-order valence-electron chi connectivity index (χ0n) is 8.04. The fraction of sp³-hybridized carbons (Fsp3) is 0.182. The first-order valence-corrected chi connectivity index (χ1v) is 6.25. The standard InChI is InChI=1S/C11H10INS/c1-7-3-4-9(12)5-10(7)11-13-6-8(2)14-11/h3-6H,1-2H3. The Hall–Kier alpha value is -0.420. The molecule has 1 nitrogen and oxygen atoms in total. The van der Waals surface area contributed by atoms with Crippen molar-refractivity contribution in [2.75, 3.05) is 0 Å². The van der Waals surface area contributed by atoms with Crippen molar-refractivity contribution in [3.8, 4) is 10.6 Å². The van der Waals surface area contributed by atoms with Gasteiger partial charge in [-0.05, 0) is 54.1 Å². The second-order valence-corrected chi connectivity index (χ2v) is 5.72. The number of nitrogens with zero attached hydrogens (tertiary/aromatic N) is 1. The zero-order chi connectivity index (χ0) is 10.1. The zero-order valence-corrected chi connectivity index (χ0v) is 11.0. The molecule has 0 bridgehead atoms. The summed E-state index contributed by atoms with van der Waals surface area (Å²) in [7, 11) is 0. The Morgan fingerprint density at radius 1 is 1.29 bits per heavy atom. The monoisotopic (exact) mass is 315 g/mol. The Morgan fingerprint density at radius 2 is 2.07 bits per heavy atom. The maximum absolute atomic E-state index is 4.40. The number of hydrogen-bond donors (Lipinski definition) is 0. The van der Waals surface area contributed by atoms with Crippen molar-refractivity contribution in [2.24, 2.45) is 0 Å². The molecule has 14 heavy (non-hydrogen) atoms. The molecule has 0 aliphatic heterocycles. The van der Waals surface area contributed by atoms with E-state index in [1.807, 2.05) is 6.20 Å². The van der Waals surface area contributed by atoms with Crippen molar-refractivity contribution in [3.63, 3.8) is 0 Å². The molecule has 1 heterocycles. The molecule has 2 rings (SSSR count). The molecule has 0 N–H and O–H groups in total. The first-order valence-electron chi connectivity index (χ1n) is 4.36. The molecule has 0 aliphatic rings. The van der Waals surface area contributed by atoms with Crippen LogP contribution in [0.1, 0.15) is 10.4 Å². The van der Waals surface area contributed by atoms with Gasteiger partial charge in [0.15, 0.2) is 0 Å². The smallest absolute Gasteiger partial charge is 0.123 e. The lowest BCUT2D eigenvalue weighted by molar-refractivity contribution is 1.35. The fourth-order valence-corrected chi connectivity index (χ4v) is 2.64. The molecular weight excluding hydrogens is 305 g/mol. The van der Waals surface area contributed by atoms with Crippen molar-refractivity contribution in [1.82, 2.24) is 4.98 Å². The number of benzene rings is 1. The molecule has 0 radical (unpaired) electrons. The minimum Gasteiger partial charge on any atom is -0.244 e. The van der Waals surface area contributed by atoms with Gasteiger partial charge in [-0.15, -0.1) is 11.3 Å². The summed E-state index contributed by atoms with van der Waals surface area (Å²) in [5.41, 5.74) is 2.55. The van der Waals surface area contributed by atoms with E-state index < -0.39 is 0 Å². The average molecular weight is 315 g/mol. The maximum atomic E-state index is 4.40. The fourth-order valence-electron chi connectivity index (χ4n) is 1.30. The normalized spacial score (nSPS) is 10.5. The van der Waals surface area contributed by atoms with Crippen molar-refractivity contribution in [2.45, 2.75) is 13.8 Å². The molecular formula is C11H10INS. The first kappa shape index (κ1) is 10.1. The van der Waals surface area contributed by atoms with E-state index in [-0.39, 0.29) is 0 Å². The predicted molar refractivity (Wildman–Crippen MR) is 69.7 cm³/mol. The summed E-state index contributed by atoms with van der Waals surface area (Å²) in [6.45, 7) is 4.21. The average Bonchev–Trinajstić information content (AvgIpc) is 2.56. The minimum absolute atomic E-state index is 1.12. The van der Waals surface area contributed by atoms with Crippen LogP contribution in [0, 0.1) is 17.4 Å². The third-order valence-corrected chi connectivity index (χ3v) is 3.67. The van der Waals surface area contributed by atoms with Crippen molar-refractivity contribution >= 4 is 33.9 Å². The number of halogens is 1. The number of aromatic nitrogens is 1. The first-order chi connectivity index (χ1) is 6.66. The largest absolute Gasteiger partial charge is 0.244 e. The molecule has 0 aliphatic carbocycles. The lowest BCUT2D eigenvalue weighted by atomic mass is 10.1.